The first-order valence-electron chi connectivity index (χ1n) is 5.26. The minimum absolute atomic E-state index is 0.518. The lowest BCUT2D eigenvalue weighted by Crippen LogP contribution is -2.04. The Labute approximate surface area is 97.5 Å². The number of hydrogen-bond acceptors (Lipinski definition) is 5. The average Bonchev–Trinajstić information content (AvgIpc) is 2.89. The Kier molecular flexibility index (Phi) is 2.42. The number of fused-ring (bicyclic) bond motifs is 1. The Morgan fingerprint density at radius 3 is 2.76 bits per heavy atom. The molecular formula is C12H10N4O. The summed E-state index contributed by atoms with van der Waals surface area (Å²) in [5.41, 5.74) is 2.67. The average molecular weight is 226 g/mol. The highest BCUT2D eigenvalue weighted by Crippen LogP contribution is 2.09. The first-order chi connectivity index (χ1) is 8.42. The maximum absolute atomic E-state index is 4.98. The standard InChI is InChI=1S/C12H10N4O/c1-2-4-11-10(3-1)14-12(16-15-11)13-7-9-5-6-17-8-9/h1-6,8H,7H2,(H,13,14,16). The van der Waals surface area contributed by atoms with Gasteiger partial charge in [0.1, 0.15) is 5.52 Å². The Morgan fingerprint density at radius 1 is 1.06 bits per heavy atom. The quantitative estimate of drug-likeness (QED) is 0.741. The first kappa shape index (κ1) is 9.77. The van der Waals surface area contributed by atoms with Crippen molar-refractivity contribution in [2.24, 2.45) is 0 Å². The van der Waals surface area contributed by atoms with E-state index in [1.807, 2.05) is 30.3 Å². The molecule has 2 aromatic heterocycles. The van der Waals surface area contributed by atoms with Crippen LogP contribution in [0.5, 0.6) is 0 Å². The summed E-state index contributed by atoms with van der Waals surface area (Å²) in [7, 11) is 0. The van der Waals surface area contributed by atoms with Crippen LogP contribution in [0.15, 0.2) is 47.3 Å². The summed E-state index contributed by atoms with van der Waals surface area (Å²) in [4.78, 5) is 4.36. The molecule has 0 atom stereocenters. The van der Waals surface area contributed by atoms with Gasteiger partial charge in [-0.25, -0.2) is 4.98 Å². The van der Waals surface area contributed by atoms with Crippen LogP contribution in [0.3, 0.4) is 0 Å². The van der Waals surface area contributed by atoms with Crippen molar-refractivity contribution in [1.82, 2.24) is 15.2 Å². The van der Waals surface area contributed by atoms with Crippen molar-refractivity contribution in [3.63, 3.8) is 0 Å². The number of nitrogens with one attached hydrogen (secondary N) is 1. The number of furan rings is 1. The summed E-state index contributed by atoms with van der Waals surface area (Å²) >= 11 is 0. The molecule has 5 nitrogen and oxygen atoms in total. The molecule has 0 aliphatic carbocycles. The third-order valence-electron chi connectivity index (χ3n) is 2.39. The minimum atomic E-state index is 0.518. The SMILES string of the molecule is c1ccc2nc(NCc3ccoc3)nnc2c1. The second-order valence-corrected chi connectivity index (χ2v) is 3.61. The molecule has 0 unspecified atom stereocenters. The van der Waals surface area contributed by atoms with Gasteiger partial charge in [0.25, 0.3) is 0 Å². The van der Waals surface area contributed by atoms with E-state index in [0.29, 0.717) is 12.5 Å². The van der Waals surface area contributed by atoms with Gasteiger partial charge in [-0.05, 0) is 18.2 Å². The number of nitrogens with zero attached hydrogens (tertiary/aromatic N) is 3. The number of para-hydroxylation sites is 1. The van der Waals surface area contributed by atoms with Crippen molar-refractivity contribution in [2.45, 2.75) is 6.54 Å². The van der Waals surface area contributed by atoms with Crippen molar-refractivity contribution in [1.29, 1.82) is 0 Å². The lowest BCUT2D eigenvalue weighted by molar-refractivity contribution is 0.564. The molecule has 0 bridgehead atoms. The number of aromatic nitrogens is 3. The van der Waals surface area contributed by atoms with Gasteiger partial charge in [0.2, 0.25) is 5.95 Å². The molecule has 3 aromatic rings. The second kappa shape index (κ2) is 4.21. The van der Waals surface area contributed by atoms with E-state index >= 15 is 0 Å². The molecule has 1 N–H and O–H groups in total. The van der Waals surface area contributed by atoms with Crippen LogP contribution in [0.4, 0.5) is 5.95 Å². The van der Waals surface area contributed by atoms with Crippen LogP contribution in [0.2, 0.25) is 0 Å². The fourth-order valence-electron chi connectivity index (χ4n) is 1.53. The third kappa shape index (κ3) is 2.08. The monoisotopic (exact) mass is 226 g/mol. The highest BCUT2D eigenvalue weighted by molar-refractivity contribution is 5.73. The summed E-state index contributed by atoms with van der Waals surface area (Å²) in [5, 5.41) is 11.2. The number of rotatable bonds is 3. The maximum Gasteiger partial charge on any atom is 0.243 e. The van der Waals surface area contributed by atoms with Gasteiger partial charge in [0.15, 0.2) is 0 Å². The van der Waals surface area contributed by atoms with E-state index in [1.54, 1.807) is 12.5 Å². The minimum Gasteiger partial charge on any atom is -0.472 e. The van der Waals surface area contributed by atoms with Crippen LogP contribution in [0, 0.1) is 0 Å². The summed E-state index contributed by atoms with van der Waals surface area (Å²) < 4.78 is 4.98. The summed E-state index contributed by atoms with van der Waals surface area (Å²) in [5.74, 6) is 0.518. The molecule has 0 fully saturated rings. The highest BCUT2D eigenvalue weighted by atomic mass is 16.3. The zero-order chi connectivity index (χ0) is 11.5. The molecular weight excluding hydrogens is 216 g/mol. The van der Waals surface area contributed by atoms with Crippen molar-refractivity contribution >= 4 is 17.0 Å². The van der Waals surface area contributed by atoms with Gasteiger partial charge in [-0.1, -0.05) is 12.1 Å². The normalized spacial score (nSPS) is 10.6. The molecule has 0 radical (unpaired) electrons. The van der Waals surface area contributed by atoms with Crippen molar-refractivity contribution in [3.8, 4) is 0 Å². The predicted molar refractivity (Wildman–Crippen MR) is 63.4 cm³/mol. The van der Waals surface area contributed by atoms with E-state index in [4.69, 9.17) is 4.42 Å². The number of hydrogen-bond donors (Lipinski definition) is 1. The van der Waals surface area contributed by atoms with Crippen molar-refractivity contribution in [2.75, 3.05) is 5.32 Å². The number of anilines is 1. The lowest BCUT2D eigenvalue weighted by atomic mass is 10.3. The van der Waals surface area contributed by atoms with Crippen molar-refractivity contribution < 1.29 is 4.42 Å². The molecule has 0 aliphatic rings. The van der Waals surface area contributed by atoms with E-state index in [0.717, 1.165) is 16.6 Å². The lowest BCUT2D eigenvalue weighted by Gasteiger charge is -2.02. The fraction of sp³-hybridized carbons (Fsp3) is 0.0833. The molecule has 5 heteroatoms. The summed E-state index contributed by atoms with van der Waals surface area (Å²) in [6.07, 6.45) is 3.32. The predicted octanol–water partition coefficient (Wildman–Crippen LogP) is 2.23. The zero-order valence-electron chi connectivity index (χ0n) is 9.00. The Hall–Kier alpha value is -2.43. The number of benzene rings is 1. The molecule has 0 amide bonds. The van der Waals surface area contributed by atoms with Gasteiger partial charge in [-0.2, -0.15) is 0 Å². The van der Waals surface area contributed by atoms with Crippen LogP contribution >= 0.6 is 0 Å². The molecule has 17 heavy (non-hydrogen) atoms. The van der Waals surface area contributed by atoms with Crippen LogP contribution in [-0.2, 0) is 6.54 Å². The van der Waals surface area contributed by atoms with Crippen LogP contribution in [0.25, 0.3) is 11.0 Å². The van der Waals surface area contributed by atoms with E-state index in [2.05, 4.69) is 20.5 Å². The van der Waals surface area contributed by atoms with Crippen LogP contribution in [0.1, 0.15) is 5.56 Å². The fourth-order valence-corrected chi connectivity index (χ4v) is 1.53. The van der Waals surface area contributed by atoms with Crippen LogP contribution in [-0.4, -0.2) is 15.2 Å². The molecule has 3 rings (SSSR count). The van der Waals surface area contributed by atoms with E-state index in [-0.39, 0.29) is 0 Å². The molecule has 0 aliphatic heterocycles. The Bertz CT molecular complexity index is 621. The van der Waals surface area contributed by atoms with Gasteiger partial charge in [-0.3, -0.25) is 0 Å². The van der Waals surface area contributed by atoms with Gasteiger partial charge in [0, 0.05) is 12.1 Å². The first-order valence-corrected chi connectivity index (χ1v) is 5.26. The van der Waals surface area contributed by atoms with E-state index in [1.165, 1.54) is 0 Å². The highest BCUT2D eigenvalue weighted by Gasteiger charge is 2.01. The Morgan fingerprint density at radius 2 is 1.94 bits per heavy atom. The molecule has 0 spiro atoms. The zero-order valence-corrected chi connectivity index (χ0v) is 9.00. The molecule has 0 saturated carbocycles. The second-order valence-electron chi connectivity index (χ2n) is 3.61. The van der Waals surface area contributed by atoms with Gasteiger partial charge in [0.05, 0.1) is 18.0 Å². The molecule has 84 valence electrons. The topological polar surface area (TPSA) is 63.8 Å². The molecule has 0 saturated heterocycles. The van der Waals surface area contributed by atoms with Crippen molar-refractivity contribution in [3.05, 3.63) is 48.4 Å². The smallest absolute Gasteiger partial charge is 0.243 e. The largest absolute Gasteiger partial charge is 0.472 e. The van der Waals surface area contributed by atoms with Crippen LogP contribution < -0.4 is 5.32 Å². The van der Waals surface area contributed by atoms with E-state index < -0.39 is 0 Å². The molecule has 1 aromatic carbocycles. The van der Waals surface area contributed by atoms with Gasteiger partial charge in [-0.15, -0.1) is 10.2 Å². The Balaban J connectivity index is 1.81. The summed E-state index contributed by atoms with van der Waals surface area (Å²) in [6, 6.07) is 9.53. The van der Waals surface area contributed by atoms with Gasteiger partial charge < -0.3 is 9.73 Å². The molecule has 2 heterocycles. The van der Waals surface area contributed by atoms with E-state index in [9.17, 15) is 0 Å². The maximum atomic E-state index is 4.98. The third-order valence-corrected chi connectivity index (χ3v) is 2.39. The summed E-state index contributed by atoms with van der Waals surface area (Å²) in [6.45, 7) is 0.622. The van der Waals surface area contributed by atoms with Gasteiger partial charge >= 0.3 is 0 Å².